The number of benzene rings is 3. The number of carbonyl (C=O) groups excluding carboxylic acids is 3. The molecule has 0 saturated carbocycles. The first-order chi connectivity index (χ1) is 28.2. The van der Waals surface area contributed by atoms with Crippen molar-refractivity contribution in [2.24, 2.45) is 0 Å². The van der Waals surface area contributed by atoms with Crippen LogP contribution < -0.4 is 10.1 Å². The van der Waals surface area contributed by atoms with Crippen molar-refractivity contribution in [3.05, 3.63) is 62.7 Å². The van der Waals surface area contributed by atoms with Gasteiger partial charge in [-0.05, 0) is 38.0 Å². The number of aliphatic hydroxyl groups is 6. The second-order valence-corrected chi connectivity index (χ2v) is 14.9. The molecular weight excluding hydrogens is 802 g/mol. The predicted molar refractivity (Wildman–Crippen MR) is 195 cm³/mol. The number of fused-ring (bicyclic) bond motifs is 5. The number of carbonyl (C=O) groups is 4. The van der Waals surface area contributed by atoms with Crippen LogP contribution in [0.5, 0.6) is 28.7 Å². The lowest BCUT2D eigenvalue weighted by molar-refractivity contribution is -0.353. The highest BCUT2D eigenvalue weighted by molar-refractivity contribution is 6.32. The maximum atomic E-state index is 14.1. The van der Waals surface area contributed by atoms with Crippen molar-refractivity contribution >= 4 is 23.4 Å². The molecule has 2 aliphatic carbocycles. The number of phenolic OH excluding ortho intramolecular Hbond substituents is 4. The minimum atomic E-state index is -2.19. The van der Waals surface area contributed by atoms with Gasteiger partial charge in [0.2, 0.25) is 5.78 Å². The lowest BCUT2D eigenvalue weighted by Crippen LogP contribution is -2.62. The van der Waals surface area contributed by atoms with Crippen LogP contribution in [0.25, 0.3) is 11.1 Å². The van der Waals surface area contributed by atoms with Gasteiger partial charge in [-0.2, -0.15) is 0 Å². The van der Waals surface area contributed by atoms with Crippen molar-refractivity contribution in [2.45, 2.75) is 94.3 Å². The Labute approximate surface area is 338 Å². The van der Waals surface area contributed by atoms with Gasteiger partial charge >= 0.3 is 5.97 Å². The quantitative estimate of drug-likeness (QED) is 0.0933. The number of carboxylic acid groups (broad SMARTS) is 1. The van der Waals surface area contributed by atoms with Crippen LogP contribution in [-0.4, -0.2) is 155 Å². The number of aromatic hydroxyl groups is 4. The van der Waals surface area contributed by atoms with Crippen LogP contribution in [0, 0.1) is 6.92 Å². The third-order valence-electron chi connectivity index (χ3n) is 11.2. The van der Waals surface area contributed by atoms with Crippen molar-refractivity contribution in [1.82, 2.24) is 5.32 Å². The minimum absolute atomic E-state index is 0.0573. The molecule has 12 atom stereocenters. The number of ether oxygens (including phenoxy) is 5. The van der Waals surface area contributed by atoms with Crippen LogP contribution in [0.3, 0.4) is 0 Å². The van der Waals surface area contributed by atoms with Gasteiger partial charge in [-0.1, -0.05) is 6.07 Å². The van der Waals surface area contributed by atoms with E-state index in [0.717, 1.165) is 19.1 Å². The molecular formula is C39H41NO20. The number of hydrogen-bond donors (Lipinski definition) is 12. The highest BCUT2D eigenvalue weighted by Gasteiger charge is 2.52. The summed E-state index contributed by atoms with van der Waals surface area (Å²) in [5.74, 6) is -8.83. The SMILES string of the molecule is COc1cc(O)c2c(c1)C(=O)c1c(O)c3c(c(O)c1C2=O)[C@H](O)[C@@H](O[C@@H]1O[C@H](C)[C@H](O)[C@H](O[C@@H]2OC[C@@H](O)[C@H](O)[C@H]2O)[C@H]1O)c1cc(C)c(C(=O)N[C@H](C)C(=O)O)c(O)c1-3. The maximum absolute atomic E-state index is 14.1. The molecule has 21 heteroatoms. The van der Waals surface area contributed by atoms with Crippen molar-refractivity contribution in [1.29, 1.82) is 0 Å². The molecule has 3 aromatic carbocycles. The summed E-state index contributed by atoms with van der Waals surface area (Å²) in [5.41, 5.74) is -5.59. The molecule has 2 saturated heterocycles. The summed E-state index contributed by atoms with van der Waals surface area (Å²) in [7, 11) is 1.22. The van der Waals surface area contributed by atoms with E-state index in [0.29, 0.717) is 0 Å². The van der Waals surface area contributed by atoms with E-state index in [4.69, 9.17) is 23.7 Å². The van der Waals surface area contributed by atoms with Crippen molar-refractivity contribution < 1.29 is 99.0 Å². The van der Waals surface area contributed by atoms with Crippen LogP contribution >= 0.6 is 0 Å². The Kier molecular flexibility index (Phi) is 11.0. The zero-order chi connectivity index (χ0) is 44.0. The second-order valence-electron chi connectivity index (χ2n) is 14.9. The predicted octanol–water partition coefficient (Wildman–Crippen LogP) is -1.13. The summed E-state index contributed by atoms with van der Waals surface area (Å²) in [6.45, 7) is 3.30. The topological polar surface area (TPSA) is 349 Å². The Morgan fingerprint density at radius 3 is 2.12 bits per heavy atom. The lowest BCUT2D eigenvalue weighted by atomic mass is 9.73. The van der Waals surface area contributed by atoms with E-state index in [1.807, 2.05) is 0 Å². The van der Waals surface area contributed by atoms with Crippen LogP contribution in [0.4, 0.5) is 0 Å². The molecule has 2 fully saturated rings. The monoisotopic (exact) mass is 843 g/mol. The van der Waals surface area contributed by atoms with Gasteiger partial charge in [0.05, 0.1) is 42.1 Å². The number of nitrogens with one attached hydrogen (secondary N) is 1. The summed E-state index contributed by atoms with van der Waals surface area (Å²) < 4.78 is 27.9. The Morgan fingerprint density at radius 1 is 0.800 bits per heavy atom. The number of amides is 1. The van der Waals surface area contributed by atoms with Gasteiger partial charge in [0, 0.05) is 28.3 Å². The molecule has 0 aromatic heterocycles. The van der Waals surface area contributed by atoms with Crippen LogP contribution in [0.2, 0.25) is 0 Å². The number of methoxy groups -OCH3 is 1. The molecule has 2 heterocycles. The molecule has 0 bridgehead atoms. The lowest BCUT2D eigenvalue weighted by Gasteiger charge is -2.45. The number of rotatable bonds is 8. The van der Waals surface area contributed by atoms with E-state index in [-0.39, 0.29) is 16.9 Å². The smallest absolute Gasteiger partial charge is 0.325 e. The molecule has 60 heavy (non-hydrogen) atoms. The van der Waals surface area contributed by atoms with Gasteiger partial charge in [0.15, 0.2) is 18.4 Å². The van der Waals surface area contributed by atoms with Crippen molar-refractivity contribution in [2.75, 3.05) is 13.7 Å². The Balaban J connectivity index is 1.39. The number of aliphatic carboxylic acids is 1. The molecule has 0 spiro atoms. The molecule has 0 unspecified atom stereocenters. The number of aliphatic hydroxyl groups excluding tert-OH is 6. The third kappa shape index (κ3) is 6.59. The normalized spacial score (nSPS) is 30.1. The first-order valence-corrected chi connectivity index (χ1v) is 18.4. The fourth-order valence-electron chi connectivity index (χ4n) is 7.99. The highest BCUT2D eigenvalue weighted by atomic mass is 16.7. The summed E-state index contributed by atoms with van der Waals surface area (Å²) in [6, 6.07) is 1.83. The zero-order valence-electron chi connectivity index (χ0n) is 32.0. The molecule has 4 aliphatic rings. The van der Waals surface area contributed by atoms with Gasteiger partial charge in [-0.25, -0.2) is 0 Å². The van der Waals surface area contributed by atoms with Crippen LogP contribution in [0.15, 0.2) is 18.2 Å². The van der Waals surface area contributed by atoms with Gasteiger partial charge in [0.1, 0.15) is 83.6 Å². The van der Waals surface area contributed by atoms with Gasteiger partial charge in [-0.15, -0.1) is 0 Å². The average molecular weight is 844 g/mol. The Bertz CT molecular complexity index is 2310. The standard InChI is InChI=1S/C39H41NO20/c1-9-5-14-19(27(46)17(9)36(53)40-10(2)37(54)55)20-21(30(49)23-22(29(20)48)25(44)13-6-12(56-4)7-15(41)18(13)28(23)47)31(50)34(14)59-39-33(52)35(24(43)11(3)58-39)60-38-32(51)26(45)16(42)8-57-38/h5-7,10-11,16,24,26,31-35,38-39,41-43,45-46,48-52H,8H2,1-4H3,(H,40,53)(H,54,55)/t10-,11-,16-,24+,26+,31+,32-,33-,34+,35+,38+,39+/m1/s1. The highest BCUT2D eigenvalue weighted by Crippen LogP contribution is 2.60. The minimum Gasteiger partial charge on any atom is -0.507 e. The summed E-state index contributed by atoms with van der Waals surface area (Å²) in [4.78, 5) is 53.3. The van der Waals surface area contributed by atoms with Crippen LogP contribution in [-0.2, 0) is 23.7 Å². The third-order valence-corrected chi connectivity index (χ3v) is 11.2. The fourth-order valence-corrected chi connectivity index (χ4v) is 7.99. The van der Waals surface area contributed by atoms with Crippen molar-refractivity contribution in [3.8, 4) is 39.9 Å². The van der Waals surface area contributed by atoms with E-state index < -0.39 is 171 Å². The van der Waals surface area contributed by atoms with E-state index in [9.17, 15) is 75.3 Å². The second kappa shape index (κ2) is 15.5. The first-order valence-electron chi connectivity index (χ1n) is 18.4. The van der Waals surface area contributed by atoms with E-state index in [2.05, 4.69) is 5.32 Å². The molecule has 3 aromatic rings. The summed E-state index contributed by atoms with van der Waals surface area (Å²) >= 11 is 0. The number of hydrogen-bond acceptors (Lipinski definition) is 19. The molecule has 1 amide bonds. The first kappa shape index (κ1) is 42.7. The van der Waals surface area contributed by atoms with E-state index in [1.165, 1.54) is 27.0 Å². The fraction of sp³-hybridized carbons (Fsp3) is 0.436. The number of ketones is 2. The summed E-state index contributed by atoms with van der Waals surface area (Å²) in [5, 5.41) is 123. The molecule has 322 valence electrons. The number of phenols is 4. The summed E-state index contributed by atoms with van der Waals surface area (Å²) in [6.07, 6.45) is -19.4. The molecule has 0 radical (unpaired) electrons. The van der Waals surface area contributed by atoms with Crippen molar-refractivity contribution in [3.63, 3.8) is 0 Å². The van der Waals surface area contributed by atoms with E-state index in [1.54, 1.807) is 0 Å². The molecule has 21 nitrogen and oxygen atoms in total. The Hall–Kier alpha value is -5.46. The van der Waals surface area contributed by atoms with E-state index >= 15 is 0 Å². The average Bonchev–Trinajstić information content (AvgIpc) is 3.19. The zero-order valence-corrected chi connectivity index (χ0v) is 32.0. The van der Waals surface area contributed by atoms with Gasteiger partial charge in [0.25, 0.3) is 5.91 Å². The van der Waals surface area contributed by atoms with Crippen LogP contribution in [0.1, 0.15) is 84.9 Å². The molecule has 7 rings (SSSR count). The van der Waals surface area contributed by atoms with Gasteiger partial charge < -0.3 is 85.2 Å². The molecule has 2 aliphatic heterocycles. The number of aryl methyl sites for hydroxylation is 1. The van der Waals surface area contributed by atoms with Gasteiger partial charge in [-0.3, -0.25) is 19.2 Å². The number of carboxylic acids is 1. The maximum Gasteiger partial charge on any atom is 0.325 e. The Morgan fingerprint density at radius 2 is 1.47 bits per heavy atom. The molecule has 12 N–H and O–H groups in total. The largest absolute Gasteiger partial charge is 0.507 e.